The van der Waals surface area contributed by atoms with Gasteiger partial charge in [-0.25, -0.2) is 0 Å². The summed E-state index contributed by atoms with van der Waals surface area (Å²) in [6.07, 6.45) is 2.26. The van der Waals surface area contributed by atoms with Crippen LogP contribution >= 0.6 is 0 Å². The number of nitrogens with one attached hydrogen (secondary N) is 2. The second-order valence-corrected chi connectivity index (χ2v) is 6.87. The minimum absolute atomic E-state index is 0.0838. The Morgan fingerprint density at radius 2 is 1.62 bits per heavy atom. The Morgan fingerprint density at radius 1 is 0.962 bits per heavy atom. The summed E-state index contributed by atoms with van der Waals surface area (Å²) in [5.41, 5.74) is 1.72. The molecule has 0 saturated carbocycles. The largest absolute Gasteiger partial charge is 0.324 e. The van der Waals surface area contributed by atoms with Gasteiger partial charge in [0.15, 0.2) is 0 Å². The molecule has 5 nitrogen and oxygen atoms in total. The summed E-state index contributed by atoms with van der Waals surface area (Å²) in [7, 11) is 0. The van der Waals surface area contributed by atoms with E-state index in [2.05, 4.69) is 22.5 Å². The molecule has 3 rings (SSSR count). The van der Waals surface area contributed by atoms with E-state index in [-0.39, 0.29) is 11.8 Å². The number of rotatable bonds is 5. The van der Waals surface area contributed by atoms with Crippen LogP contribution in [0.25, 0.3) is 0 Å². The van der Waals surface area contributed by atoms with Crippen LogP contribution in [0.5, 0.6) is 0 Å². The number of para-hydroxylation sites is 2. The molecule has 1 saturated heterocycles. The van der Waals surface area contributed by atoms with Crippen molar-refractivity contribution in [1.29, 1.82) is 0 Å². The van der Waals surface area contributed by atoms with Crippen molar-refractivity contribution < 1.29 is 9.59 Å². The molecule has 1 heterocycles. The zero-order valence-corrected chi connectivity index (χ0v) is 15.1. The number of hydrogen-bond acceptors (Lipinski definition) is 3. The Hall–Kier alpha value is -2.66. The summed E-state index contributed by atoms with van der Waals surface area (Å²) in [4.78, 5) is 27.1. The molecule has 2 aromatic rings. The number of piperidine rings is 1. The van der Waals surface area contributed by atoms with Gasteiger partial charge in [-0.3, -0.25) is 14.5 Å². The summed E-state index contributed by atoms with van der Waals surface area (Å²) in [5.74, 6) is 0.412. The topological polar surface area (TPSA) is 61.4 Å². The second-order valence-electron chi connectivity index (χ2n) is 6.87. The molecule has 0 radical (unpaired) electrons. The number of likely N-dealkylation sites (tertiary alicyclic amines) is 1. The quantitative estimate of drug-likeness (QED) is 0.865. The molecule has 0 unspecified atom stereocenters. The van der Waals surface area contributed by atoms with E-state index >= 15 is 0 Å². The Kier molecular flexibility index (Phi) is 6.02. The molecule has 0 aromatic heterocycles. The first-order chi connectivity index (χ1) is 12.6. The van der Waals surface area contributed by atoms with Gasteiger partial charge in [0.1, 0.15) is 0 Å². The fourth-order valence-corrected chi connectivity index (χ4v) is 3.12. The van der Waals surface area contributed by atoms with E-state index < -0.39 is 0 Å². The molecule has 2 aromatic carbocycles. The van der Waals surface area contributed by atoms with Crippen molar-refractivity contribution in [3.63, 3.8) is 0 Å². The molecule has 0 bridgehead atoms. The van der Waals surface area contributed by atoms with Crippen molar-refractivity contribution in [3.8, 4) is 0 Å². The Morgan fingerprint density at radius 3 is 2.35 bits per heavy atom. The highest BCUT2D eigenvalue weighted by atomic mass is 16.2. The van der Waals surface area contributed by atoms with Gasteiger partial charge in [-0.2, -0.15) is 0 Å². The van der Waals surface area contributed by atoms with Gasteiger partial charge >= 0.3 is 0 Å². The zero-order valence-electron chi connectivity index (χ0n) is 15.1. The Bertz CT molecular complexity index is 753. The van der Waals surface area contributed by atoms with Gasteiger partial charge in [-0.05, 0) is 56.1 Å². The predicted molar refractivity (Wildman–Crippen MR) is 104 cm³/mol. The van der Waals surface area contributed by atoms with Crippen LogP contribution in [0, 0.1) is 5.92 Å². The molecule has 136 valence electrons. The summed E-state index contributed by atoms with van der Waals surface area (Å²) in [6, 6.07) is 16.4. The van der Waals surface area contributed by atoms with Crippen LogP contribution in [-0.4, -0.2) is 36.3 Å². The van der Waals surface area contributed by atoms with Crippen LogP contribution < -0.4 is 10.6 Å². The molecule has 5 heteroatoms. The van der Waals surface area contributed by atoms with Crippen LogP contribution in [0.3, 0.4) is 0 Å². The lowest BCUT2D eigenvalue weighted by Gasteiger charge is -2.29. The minimum atomic E-state index is -0.237. The maximum Gasteiger partial charge on any atom is 0.257 e. The van der Waals surface area contributed by atoms with E-state index in [1.807, 2.05) is 36.4 Å². The predicted octanol–water partition coefficient (Wildman–Crippen LogP) is 3.61. The first-order valence-electron chi connectivity index (χ1n) is 9.09. The monoisotopic (exact) mass is 351 g/mol. The molecule has 1 aliphatic rings. The maximum absolute atomic E-state index is 12.6. The fraction of sp³-hybridized carbons (Fsp3) is 0.333. The van der Waals surface area contributed by atoms with Crippen LogP contribution in [0.15, 0.2) is 54.6 Å². The number of anilines is 2. The number of carbonyl (C=O) groups is 2. The van der Waals surface area contributed by atoms with Gasteiger partial charge in [0, 0.05) is 5.69 Å². The molecule has 26 heavy (non-hydrogen) atoms. The van der Waals surface area contributed by atoms with Crippen molar-refractivity contribution in [1.82, 2.24) is 4.90 Å². The first-order valence-corrected chi connectivity index (χ1v) is 9.09. The van der Waals surface area contributed by atoms with Gasteiger partial charge in [0.05, 0.1) is 17.8 Å². The molecule has 1 fully saturated rings. The lowest BCUT2D eigenvalue weighted by Crippen LogP contribution is -2.38. The van der Waals surface area contributed by atoms with Crippen molar-refractivity contribution >= 4 is 23.2 Å². The zero-order chi connectivity index (χ0) is 18.4. The lowest BCUT2D eigenvalue weighted by molar-refractivity contribution is -0.117. The van der Waals surface area contributed by atoms with Gasteiger partial charge in [0.2, 0.25) is 5.91 Å². The molecular weight excluding hydrogens is 326 g/mol. The second kappa shape index (κ2) is 8.63. The first kappa shape index (κ1) is 18.1. The highest BCUT2D eigenvalue weighted by Crippen LogP contribution is 2.19. The van der Waals surface area contributed by atoms with E-state index in [9.17, 15) is 9.59 Å². The van der Waals surface area contributed by atoms with Crippen molar-refractivity contribution in [2.75, 3.05) is 30.3 Å². The van der Waals surface area contributed by atoms with Gasteiger partial charge in [0.25, 0.3) is 5.91 Å². The molecule has 0 spiro atoms. The molecular formula is C21H25N3O2. The van der Waals surface area contributed by atoms with Crippen LogP contribution in [-0.2, 0) is 4.79 Å². The third-order valence-corrected chi connectivity index (χ3v) is 4.72. The molecule has 2 amide bonds. The SMILES string of the molecule is CC1CCN(CC(=O)Nc2ccccc2C(=O)Nc2ccccc2)CC1. The number of nitrogens with zero attached hydrogens (tertiary/aromatic N) is 1. The van der Waals surface area contributed by atoms with Crippen molar-refractivity contribution in [3.05, 3.63) is 60.2 Å². The van der Waals surface area contributed by atoms with Crippen molar-refractivity contribution in [2.45, 2.75) is 19.8 Å². The van der Waals surface area contributed by atoms with E-state index in [4.69, 9.17) is 0 Å². The molecule has 0 atom stereocenters. The Balaban J connectivity index is 1.63. The summed E-state index contributed by atoms with van der Waals surface area (Å²) >= 11 is 0. The smallest absolute Gasteiger partial charge is 0.257 e. The van der Waals surface area contributed by atoms with E-state index in [0.29, 0.717) is 17.8 Å². The molecule has 1 aliphatic heterocycles. The van der Waals surface area contributed by atoms with Gasteiger partial charge in [-0.1, -0.05) is 37.3 Å². The van der Waals surface area contributed by atoms with E-state index in [1.165, 1.54) is 0 Å². The number of amides is 2. The standard InChI is InChI=1S/C21H25N3O2/c1-16-11-13-24(14-12-16)15-20(25)23-19-10-6-5-9-18(19)21(26)22-17-7-3-2-4-8-17/h2-10,16H,11-15H2,1H3,(H,22,26)(H,23,25). The van der Waals surface area contributed by atoms with Gasteiger partial charge in [-0.15, -0.1) is 0 Å². The highest BCUT2D eigenvalue weighted by Gasteiger charge is 2.19. The van der Waals surface area contributed by atoms with Crippen molar-refractivity contribution in [2.24, 2.45) is 5.92 Å². The number of carbonyl (C=O) groups excluding carboxylic acids is 2. The summed E-state index contributed by atoms with van der Waals surface area (Å²) < 4.78 is 0. The lowest BCUT2D eigenvalue weighted by atomic mass is 9.99. The van der Waals surface area contributed by atoms with E-state index in [0.717, 1.165) is 37.5 Å². The van der Waals surface area contributed by atoms with Crippen LogP contribution in [0.1, 0.15) is 30.1 Å². The fourth-order valence-electron chi connectivity index (χ4n) is 3.12. The van der Waals surface area contributed by atoms with Crippen LogP contribution in [0.4, 0.5) is 11.4 Å². The molecule has 2 N–H and O–H groups in total. The third-order valence-electron chi connectivity index (χ3n) is 4.72. The average Bonchev–Trinajstić information content (AvgIpc) is 2.65. The average molecular weight is 351 g/mol. The van der Waals surface area contributed by atoms with E-state index in [1.54, 1.807) is 18.2 Å². The summed E-state index contributed by atoms with van der Waals surface area (Å²) in [6.45, 7) is 4.51. The minimum Gasteiger partial charge on any atom is -0.324 e. The molecule has 0 aliphatic carbocycles. The van der Waals surface area contributed by atoms with Gasteiger partial charge < -0.3 is 10.6 Å². The summed E-state index contributed by atoms with van der Waals surface area (Å²) in [5, 5.41) is 5.75. The third kappa shape index (κ3) is 4.92. The Labute approximate surface area is 154 Å². The van der Waals surface area contributed by atoms with Crippen LogP contribution in [0.2, 0.25) is 0 Å². The normalized spacial score (nSPS) is 15.4. The highest BCUT2D eigenvalue weighted by molar-refractivity contribution is 6.10. The number of hydrogen-bond donors (Lipinski definition) is 2. The number of benzene rings is 2. The maximum atomic E-state index is 12.6.